The van der Waals surface area contributed by atoms with Crippen LogP contribution in [0.4, 0.5) is 17.6 Å². The fourth-order valence-corrected chi connectivity index (χ4v) is 10.1. The van der Waals surface area contributed by atoms with E-state index in [9.17, 15) is 10.5 Å². The van der Waals surface area contributed by atoms with Gasteiger partial charge in [-0.1, -0.05) is 90.1 Å². The molecule has 1 aliphatic rings. The van der Waals surface area contributed by atoms with E-state index in [1.54, 1.807) is 24.3 Å². The van der Waals surface area contributed by atoms with Crippen molar-refractivity contribution in [3.8, 4) is 23.5 Å². The zero-order valence-electron chi connectivity index (χ0n) is 35.9. The Morgan fingerprint density at radius 2 is 0.831 bits per heavy atom. The van der Waals surface area contributed by atoms with Crippen LogP contribution < -0.4 is 0 Å². The highest BCUT2D eigenvalue weighted by molar-refractivity contribution is 6.19. The molecule has 1 aliphatic heterocycles. The molecule has 65 heavy (non-hydrogen) atoms. The summed E-state index contributed by atoms with van der Waals surface area (Å²) in [7, 11) is 0. The number of ether oxygens (including phenoxy) is 1. The van der Waals surface area contributed by atoms with E-state index >= 15 is 17.6 Å². The first-order chi connectivity index (χ1) is 30.9. The summed E-state index contributed by atoms with van der Waals surface area (Å²) in [6.07, 6.45) is -9.30. The van der Waals surface area contributed by atoms with Crippen molar-refractivity contribution in [2.45, 2.75) is 64.6 Å². The molecule has 12 rings (SSSR count). The van der Waals surface area contributed by atoms with Gasteiger partial charge in [0.25, 0.3) is 0 Å². The molecule has 318 valence electrons. The molecule has 0 radical (unpaired) electrons. The minimum atomic E-state index is -4.65. The van der Waals surface area contributed by atoms with Gasteiger partial charge in [-0.2, -0.15) is 28.1 Å². The van der Waals surface area contributed by atoms with E-state index in [2.05, 4.69) is 16.9 Å². The van der Waals surface area contributed by atoms with Crippen molar-refractivity contribution >= 4 is 87.5 Å². The largest absolute Gasteiger partial charge is 0.456 e. The van der Waals surface area contributed by atoms with Crippen molar-refractivity contribution in [2.24, 2.45) is 0 Å². The highest BCUT2D eigenvalue weighted by Gasteiger charge is 2.62. The Labute approximate surface area is 367 Å². The second kappa shape index (κ2) is 12.6. The molecule has 5 heterocycles. The minimum absolute atomic E-state index is 0.304. The first-order valence-electron chi connectivity index (χ1n) is 21.2. The molecule has 0 spiro atoms. The lowest BCUT2D eigenvalue weighted by molar-refractivity contribution is -0.369. The fourth-order valence-electron chi connectivity index (χ4n) is 10.1. The number of rotatable bonds is 2. The molecule has 0 fully saturated rings. The average molecular weight is 865 g/mol. The minimum Gasteiger partial charge on any atom is -0.456 e. The van der Waals surface area contributed by atoms with Crippen molar-refractivity contribution in [2.75, 3.05) is 0 Å². The molecule has 11 heteroatoms. The third-order valence-electron chi connectivity index (χ3n) is 13.2. The molecule has 0 saturated carbocycles. The van der Waals surface area contributed by atoms with Crippen LogP contribution in [0.5, 0.6) is 0 Å². The van der Waals surface area contributed by atoms with Crippen LogP contribution in [-0.2, 0) is 27.8 Å². The average Bonchev–Trinajstić information content (AvgIpc) is 4.02. The van der Waals surface area contributed by atoms with Crippen molar-refractivity contribution in [1.82, 2.24) is 9.13 Å². The van der Waals surface area contributed by atoms with Crippen molar-refractivity contribution < 1.29 is 31.1 Å². The number of halogens is 4. The van der Waals surface area contributed by atoms with Crippen LogP contribution >= 0.6 is 0 Å². The van der Waals surface area contributed by atoms with Crippen LogP contribution in [0.15, 0.2) is 118 Å². The number of aromatic nitrogens is 2. The normalized spacial score (nSPS) is 15.1. The van der Waals surface area contributed by atoms with Crippen LogP contribution in [0.1, 0.15) is 74.9 Å². The van der Waals surface area contributed by atoms with Gasteiger partial charge in [-0.05, 0) is 70.5 Å². The number of hydrogen-bond acceptors (Lipinski definition) is 5. The Morgan fingerprint density at radius 3 is 1.22 bits per heavy atom. The van der Waals surface area contributed by atoms with Gasteiger partial charge < -0.3 is 18.0 Å². The quantitative estimate of drug-likeness (QED) is 0.161. The summed E-state index contributed by atoms with van der Waals surface area (Å²) < 4.78 is 88.1. The number of nitrogens with zero attached hydrogens (tertiary/aromatic N) is 4. The summed E-state index contributed by atoms with van der Waals surface area (Å²) in [5.74, 6) is 0. The molecular formula is C54H36F4N4O3. The molecule has 0 aliphatic carbocycles. The van der Waals surface area contributed by atoms with E-state index in [4.69, 9.17) is 8.83 Å². The fraction of sp³-hybridized carbons (Fsp3) is 0.185. The predicted molar refractivity (Wildman–Crippen MR) is 245 cm³/mol. The second-order valence-corrected chi connectivity index (χ2v) is 19.1. The number of alkyl halides is 4. The maximum Gasteiger partial charge on any atom is 0.390 e. The maximum absolute atomic E-state index is 17.1. The van der Waals surface area contributed by atoms with E-state index < -0.39 is 45.8 Å². The predicted octanol–water partition coefficient (Wildman–Crippen LogP) is 15.1. The maximum atomic E-state index is 17.1. The van der Waals surface area contributed by atoms with Gasteiger partial charge in [0.15, 0.2) is 0 Å². The Kier molecular flexibility index (Phi) is 7.54. The van der Waals surface area contributed by atoms with Crippen LogP contribution in [-0.4, -0.2) is 9.13 Å². The highest BCUT2D eigenvalue weighted by Crippen LogP contribution is 2.58. The summed E-state index contributed by atoms with van der Waals surface area (Å²) in [5.41, 5.74) is -0.157. The summed E-state index contributed by atoms with van der Waals surface area (Å²) in [4.78, 5) is 0. The van der Waals surface area contributed by atoms with Crippen molar-refractivity contribution in [1.29, 1.82) is 10.5 Å². The zero-order valence-corrected chi connectivity index (χ0v) is 35.9. The SMILES string of the molecule is CC(C)(C)c1ccc2c(c1)c1cc3c(cc1n2-c1c(C#N)c(C#N)c(-n2c4ccc(C(C)(C)C)cc4c4cc5c(cc42)oc2ccccc25)c2c1C(F)(F)OC2(F)F)oc1ccccc13. The molecule has 0 atom stereocenters. The van der Waals surface area contributed by atoms with Crippen LogP contribution in [0.2, 0.25) is 0 Å². The molecule has 0 unspecified atom stereocenters. The second-order valence-electron chi connectivity index (χ2n) is 19.1. The lowest BCUT2D eigenvalue weighted by Gasteiger charge is -2.23. The van der Waals surface area contributed by atoms with Gasteiger partial charge >= 0.3 is 12.2 Å². The van der Waals surface area contributed by atoms with E-state index in [-0.39, 0.29) is 10.8 Å². The van der Waals surface area contributed by atoms with Gasteiger partial charge in [-0.25, -0.2) is 4.74 Å². The third kappa shape index (κ3) is 5.24. The standard InChI is InChI=1S/C54H36F4N4O3/c1-51(2,3)27-15-17-39-31(19-27)33-21-35-29-11-7-9-13-43(29)63-45(35)23-41(33)61(39)49-37(25-59)38(26-60)50(48-47(49)53(55,56)65-54(48,57)58)62-40-18-16-28(52(4,5)6)20-32(40)34-22-36-30-12-8-10-14-44(30)64-46(36)24-42(34)62/h7-24H,1-6H3. The van der Waals surface area contributed by atoms with Gasteiger partial charge in [-0.15, -0.1) is 0 Å². The van der Waals surface area contributed by atoms with Gasteiger partial charge in [0.1, 0.15) is 34.5 Å². The van der Waals surface area contributed by atoms with E-state index in [1.165, 1.54) is 9.13 Å². The summed E-state index contributed by atoms with van der Waals surface area (Å²) in [6, 6.07) is 37.3. The summed E-state index contributed by atoms with van der Waals surface area (Å²) in [5, 5.41) is 28.2. The summed E-state index contributed by atoms with van der Waals surface area (Å²) >= 11 is 0. The van der Waals surface area contributed by atoms with Gasteiger partial charge in [-0.3, -0.25) is 0 Å². The van der Waals surface area contributed by atoms with Gasteiger partial charge in [0.05, 0.1) is 55.7 Å². The molecule has 0 bridgehead atoms. The molecule has 7 aromatic carbocycles. The zero-order chi connectivity index (χ0) is 45.3. The van der Waals surface area contributed by atoms with Crippen LogP contribution in [0.3, 0.4) is 0 Å². The van der Waals surface area contributed by atoms with Crippen LogP contribution in [0, 0.1) is 22.7 Å². The van der Waals surface area contributed by atoms with E-state index in [0.29, 0.717) is 65.9 Å². The van der Waals surface area contributed by atoms with Gasteiger partial charge in [0, 0.05) is 55.2 Å². The molecule has 0 saturated heterocycles. The van der Waals surface area contributed by atoms with Crippen molar-refractivity contribution in [3.05, 3.63) is 143 Å². The number of para-hydroxylation sites is 2. The number of hydrogen-bond donors (Lipinski definition) is 0. The number of nitriles is 2. The Balaban J connectivity index is 1.28. The summed E-state index contributed by atoms with van der Waals surface area (Å²) in [6.45, 7) is 12.3. The number of benzene rings is 7. The smallest absolute Gasteiger partial charge is 0.390 e. The topological polar surface area (TPSA) is 93.0 Å². The first-order valence-corrected chi connectivity index (χ1v) is 21.2. The molecule has 4 aromatic heterocycles. The van der Waals surface area contributed by atoms with Crippen molar-refractivity contribution in [3.63, 3.8) is 0 Å². The molecular weight excluding hydrogens is 829 g/mol. The lowest BCUT2D eigenvalue weighted by Crippen LogP contribution is -2.19. The lowest BCUT2D eigenvalue weighted by atomic mass is 9.86. The number of fused-ring (bicyclic) bond motifs is 13. The van der Waals surface area contributed by atoms with E-state index in [1.807, 2.05) is 126 Å². The Hall–Kier alpha value is -7.60. The van der Waals surface area contributed by atoms with Crippen LogP contribution in [0.25, 0.3) is 98.9 Å². The third-order valence-corrected chi connectivity index (χ3v) is 13.2. The first kappa shape index (κ1) is 39.0. The van der Waals surface area contributed by atoms with E-state index in [0.717, 1.165) is 32.7 Å². The Bertz CT molecular complexity index is 3780. The molecule has 11 aromatic rings. The molecule has 7 nitrogen and oxygen atoms in total. The van der Waals surface area contributed by atoms with Gasteiger partial charge in [0.2, 0.25) is 0 Å². The highest BCUT2D eigenvalue weighted by atomic mass is 19.3. The molecule has 0 amide bonds. The monoisotopic (exact) mass is 864 g/mol. The number of furan rings is 2. The molecule has 0 N–H and O–H groups in total. The Morgan fingerprint density at radius 1 is 0.446 bits per heavy atom.